The molecule has 1 aliphatic rings. The SMILES string of the molecule is COc1cc(C=N[C@@H]2[C@@H](O)[C@H](O)[C@@H](CO)O[C@H]2O)ccc1O. The topological polar surface area (TPSA) is 132 Å². The van der Waals surface area contributed by atoms with Crippen LogP contribution in [0.3, 0.4) is 0 Å². The number of hydrogen-bond donors (Lipinski definition) is 5. The van der Waals surface area contributed by atoms with Crippen LogP contribution in [0.25, 0.3) is 0 Å². The van der Waals surface area contributed by atoms with Gasteiger partial charge in [0.2, 0.25) is 0 Å². The van der Waals surface area contributed by atoms with E-state index in [4.69, 9.17) is 14.6 Å². The minimum absolute atomic E-state index is 0.0260. The third kappa shape index (κ3) is 3.37. The molecule has 1 fully saturated rings. The molecule has 0 aliphatic carbocycles. The highest BCUT2D eigenvalue weighted by Gasteiger charge is 2.43. The Labute approximate surface area is 126 Å². The van der Waals surface area contributed by atoms with Gasteiger partial charge in [-0.2, -0.15) is 0 Å². The largest absolute Gasteiger partial charge is 0.504 e. The Kier molecular flexibility index (Phi) is 5.33. The number of aromatic hydroxyl groups is 1. The number of ether oxygens (including phenoxy) is 2. The zero-order valence-electron chi connectivity index (χ0n) is 11.9. The summed E-state index contributed by atoms with van der Waals surface area (Å²) in [7, 11) is 1.41. The lowest BCUT2D eigenvalue weighted by Crippen LogP contribution is -2.57. The Morgan fingerprint density at radius 3 is 2.64 bits per heavy atom. The van der Waals surface area contributed by atoms with Crippen molar-refractivity contribution in [2.75, 3.05) is 13.7 Å². The number of phenols is 1. The van der Waals surface area contributed by atoms with Crippen molar-refractivity contribution in [1.29, 1.82) is 0 Å². The quantitative estimate of drug-likeness (QED) is 0.433. The number of aliphatic imine (C=N–C) groups is 1. The summed E-state index contributed by atoms with van der Waals surface area (Å²) in [5.74, 6) is 0.229. The molecule has 0 amide bonds. The van der Waals surface area contributed by atoms with E-state index in [1.807, 2.05) is 0 Å². The van der Waals surface area contributed by atoms with Crippen LogP contribution in [0.15, 0.2) is 23.2 Å². The molecule has 1 saturated heterocycles. The summed E-state index contributed by atoms with van der Waals surface area (Å²) in [6.07, 6.45) is -3.90. The first-order valence-corrected chi connectivity index (χ1v) is 6.68. The lowest BCUT2D eigenvalue weighted by Gasteiger charge is -2.38. The molecule has 0 aromatic heterocycles. The van der Waals surface area contributed by atoms with Crippen LogP contribution in [0.1, 0.15) is 5.56 Å². The van der Waals surface area contributed by atoms with Crippen molar-refractivity contribution in [3.05, 3.63) is 23.8 Å². The first-order chi connectivity index (χ1) is 10.5. The average molecular weight is 313 g/mol. The number of rotatable bonds is 4. The van der Waals surface area contributed by atoms with Crippen molar-refractivity contribution >= 4 is 6.21 Å². The summed E-state index contributed by atoms with van der Waals surface area (Å²) < 4.78 is 9.96. The molecule has 1 heterocycles. The van der Waals surface area contributed by atoms with E-state index in [1.54, 1.807) is 6.07 Å². The predicted molar refractivity (Wildman–Crippen MR) is 76.0 cm³/mol. The van der Waals surface area contributed by atoms with E-state index in [1.165, 1.54) is 25.5 Å². The van der Waals surface area contributed by atoms with E-state index in [2.05, 4.69) is 4.99 Å². The van der Waals surface area contributed by atoms with Gasteiger partial charge >= 0.3 is 0 Å². The Balaban J connectivity index is 2.15. The molecule has 8 nitrogen and oxygen atoms in total. The fourth-order valence-electron chi connectivity index (χ4n) is 2.19. The van der Waals surface area contributed by atoms with Crippen molar-refractivity contribution in [2.24, 2.45) is 4.99 Å². The second-order valence-corrected chi connectivity index (χ2v) is 4.93. The molecular weight excluding hydrogens is 294 g/mol. The minimum Gasteiger partial charge on any atom is -0.504 e. The van der Waals surface area contributed by atoms with E-state index < -0.39 is 37.3 Å². The van der Waals surface area contributed by atoms with E-state index in [-0.39, 0.29) is 11.5 Å². The number of methoxy groups -OCH3 is 1. The maximum atomic E-state index is 9.95. The molecule has 1 aromatic rings. The molecule has 0 saturated carbocycles. The van der Waals surface area contributed by atoms with Crippen LogP contribution in [-0.2, 0) is 4.74 Å². The van der Waals surface area contributed by atoms with Gasteiger partial charge in [0.15, 0.2) is 17.8 Å². The zero-order chi connectivity index (χ0) is 16.3. The van der Waals surface area contributed by atoms with Crippen molar-refractivity contribution in [3.63, 3.8) is 0 Å². The first kappa shape index (κ1) is 16.7. The highest BCUT2D eigenvalue weighted by atomic mass is 16.6. The summed E-state index contributed by atoms with van der Waals surface area (Å²) in [6.45, 7) is -0.527. The summed E-state index contributed by atoms with van der Waals surface area (Å²) in [5, 5.41) is 48.0. The molecule has 2 rings (SSSR count). The van der Waals surface area contributed by atoms with Gasteiger partial charge in [0.1, 0.15) is 24.4 Å². The van der Waals surface area contributed by atoms with E-state index in [0.29, 0.717) is 5.56 Å². The predicted octanol–water partition coefficient (Wildman–Crippen LogP) is -1.38. The molecule has 22 heavy (non-hydrogen) atoms. The fourth-order valence-corrected chi connectivity index (χ4v) is 2.19. The number of hydrogen-bond acceptors (Lipinski definition) is 8. The number of phenolic OH excluding ortho intramolecular Hbond substituents is 1. The molecule has 0 unspecified atom stereocenters. The van der Waals surface area contributed by atoms with Gasteiger partial charge in [0.25, 0.3) is 0 Å². The summed E-state index contributed by atoms with van der Waals surface area (Å²) >= 11 is 0. The molecule has 122 valence electrons. The van der Waals surface area contributed by atoms with Gasteiger partial charge in [-0.1, -0.05) is 0 Å². The van der Waals surface area contributed by atoms with Crippen molar-refractivity contribution in [1.82, 2.24) is 0 Å². The van der Waals surface area contributed by atoms with E-state index in [0.717, 1.165) is 0 Å². The smallest absolute Gasteiger partial charge is 0.180 e. The van der Waals surface area contributed by atoms with Crippen LogP contribution in [0, 0.1) is 0 Å². The van der Waals surface area contributed by atoms with Gasteiger partial charge in [0, 0.05) is 6.21 Å². The third-order valence-electron chi connectivity index (χ3n) is 3.47. The summed E-state index contributed by atoms with van der Waals surface area (Å²) in [5.41, 5.74) is 0.563. The van der Waals surface area contributed by atoms with Crippen LogP contribution >= 0.6 is 0 Å². The molecule has 0 radical (unpaired) electrons. The van der Waals surface area contributed by atoms with Crippen LogP contribution < -0.4 is 4.74 Å². The van der Waals surface area contributed by atoms with Gasteiger partial charge in [-0.05, 0) is 23.8 Å². The maximum absolute atomic E-state index is 9.95. The van der Waals surface area contributed by atoms with Crippen LogP contribution in [-0.4, -0.2) is 76.1 Å². The van der Waals surface area contributed by atoms with Crippen molar-refractivity contribution in [2.45, 2.75) is 30.6 Å². The normalized spacial score (nSPS) is 32.3. The van der Waals surface area contributed by atoms with Crippen LogP contribution in [0.4, 0.5) is 0 Å². The Hall–Kier alpha value is -1.71. The molecule has 0 spiro atoms. The molecule has 5 atom stereocenters. The lowest BCUT2D eigenvalue weighted by molar-refractivity contribution is -0.248. The van der Waals surface area contributed by atoms with Gasteiger partial charge in [-0.15, -0.1) is 0 Å². The van der Waals surface area contributed by atoms with Crippen LogP contribution in [0.5, 0.6) is 11.5 Å². The molecule has 1 aromatic carbocycles. The van der Waals surface area contributed by atoms with Gasteiger partial charge in [-0.25, -0.2) is 0 Å². The standard InChI is InChI=1S/C14H19NO7/c1-21-9-4-7(2-3-8(9)17)5-15-11-13(19)12(18)10(6-16)22-14(11)20/h2-5,10-14,16-20H,6H2,1H3/t10-,11-,12-,13-,14-/m1/s1. The average Bonchev–Trinajstić information content (AvgIpc) is 2.52. The molecular formula is C14H19NO7. The van der Waals surface area contributed by atoms with Gasteiger partial charge < -0.3 is 35.0 Å². The lowest BCUT2D eigenvalue weighted by atomic mass is 9.97. The number of aliphatic hydroxyl groups excluding tert-OH is 4. The number of aliphatic hydroxyl groups is 4. The molecule has 8 heteroatoms. The van der Waals surface area contributed by atoms with E-state index in [9.17, 15) is 20.4 Å². The first-order valence-electron chi connectivity index (χ1n) is 6.68. The second-order valence-electron chi connectivity index (χ2n) is 4.93. The highest BCUT2D eigenvalue weighted by molar-refractivity contribution is 5.81. The van der Waals surface area contributed by atoms with Crippen molar-refractivity contribution < 1.29 is 35.0 Å². The highest BCUT2D eigenvalue weighted by Crippen LogP contribution is 2.26. The Bertz CT molecular complexity index is 536. The third-order valence-corrected chi connectivity index (χ3v) is 3.47. The van der Waals surface area contributed by atoms with Gasteiger partial charge in [0.05, 0.1) is 13.7 Å². The monoisotopic (exact) mass is 313 g/mol. The summed E-state index contributed by atoms with van der Waals surface area (Å²) in [6, 6.07) is 3.41. The van der Waals surface area contributed by atoms with Gasteiger partial charge in [-0.3, -0.25) is 4.99 Å². The van der Waals surface area contributed by atoms with Crippen molar-refractivity contribution in [3.8, 4) is 11.5 Å². The second kappa shape index (κ2) is 7.03. The van der Waals surface area contributed by atoms with Crippen LogP contribution in [0.2, 0.25) is 0 Å². The Morgan fingerprint density at radius 2 is 2.00 bits per heavy atom. The molecule has 1 aliphatic heterocycles. The number of nitrogens with zero attached hydrogens (tertiary/aromatic N) is 1. The molecule has 5 N–H and O–H groups in total. The Morgan fingerprint density at radius 1 is 1.27 bits per heavy atom. The summed E-state index contributed by atoms with van der Waals surface area (Å²) in [4.78, 5) is 4.01. The molecule has 0 bridgehead atoms. The fraction of sp³-hybridized carbons (Fsp3) is 0.500. The maximum Gasteiger partial charge on any atom is 0.180 e. The zero-order valence-corrected chi connectivity index (χ0v) is 11.9. The van der Waals surface area contributed by atoms with E-state index >= 15 is 0 Å². The number of benzene rings is 1. The minimum atomic E-state index is -1.45.